The average molecular weight is 244 g/mol. The SMILES string of the molecule is NC1CCC(CNc2ccc3occc3c2)CC1. The molecule has 1 aromatic heterocycles. The normalized spacial score (nSPS) is 24.3. The van der Waals surface area contributed by atoms with E-state index >= 15 is 0 Å². The molecule has 3 rings (SSSR count). The van der Waals surface area contributed by atoms with Crippen LogP contribution in [0.3, 0.4) is 0 Å². The molecule has 1 aliphatic carbocycles. The monoisotopic (exact) mass is 244 g/mol. The highest BCUT2D eigenvalue weighted by molar-refractivity contribution is 5.81. The van der Waals surface area contributed by atoms with Crippen LogP contribution in [0, 0.1) is 5.92 Å². The van der Waals surface area contributed by atoms with Gasteiger partial charge in [0.15, 0.2) is 0 Å². The summed E-state index contributed by atoms with van der Waals surface area (Å²) < 4.78 is 5.34. The molecular weight excluding hydrogens is 224 g/mol. The molecule has 0 amide bonds. The predicted molar refractivity (Wildman–Crippen MR) is 74.6 cm³/mol. The molecule has 3 nitrogen and oxygen atoms in total. The van der Waals surface area contributed by atoms with Gasteiger partial charge in [-0.3, -0.25) is 0 Å². The minimum Gasteiger partial charge on any atom is -0.464 e. The van der Waals surface area contributed by atoms with E-state index < -0.39 is 0 Å². The fraction of sp³-hybridized carbons (Fsp3) is 0.467. The fourth-order valence-electron chi connectivity index (χ4n) is 2.73. The Morgan fingerprint density at radius 2 is 2.00 bits per heavy atom. The molecule has 0 bridgehead atoms. The van der Waals surface area contributed by atoms with Gasteiger partial charge in [0.25, 0.3) is 0 Å². The number of furan rings is 1. The first-order valence-corrected chi connectivity index (χ1v) is 6.78. The largest absolute Gasteiger partial charge is 0.464 e. The Kier molecular flexibility index (Phi) is 3.24. The van der Waals surface area contributed by atoms with Crippen LogP contribution < -0.4 is 11.1 Å². The van der Waals surface area contributed by atoms with Crippen LogP contribution >= 0.6 is 0 Å². The zero-order valence-corrected chi connectivity index (χ0v) is 10.6. The van der Waals surface area contributed by atoms with Crippen molar-refractivity contribution >= 4 is 16.7 Å². The van der Waals surface area contributed by atoms with Gasteiger partial charge < -0.3 is 15.5 Å². The molecule has 1 fully saturated rings. The van der Waals surface area contributed by atoms with Gasteiger partial charge in [0.2, 0.25) is 0 Å². The number of anilines is 1. The van der Waals surface area contributed by atoms with E-state index in [2.05, 4.69) is 17.4 Å². The lowest BCUT2D eigenvalue weighted by Gasteiger charge is -2.26. The number of rotatable bonds is 3. The molecule has 0 saturated heterocycles. The molecule has 1 saturated carbocycles. The number of benzene rings is 1. The van der Waals surface area contributed by atoms with Gasteiger partial charge in [0.1, 0.15) is 5.58 Å². The van der Waals surface area contributed by atoms with Crippen LogP contribution in [-0.4, -0.2) is 12.6 Å². The van der Waals surface area contributed by atoms with Crippen molar-refractivity contribution in [2.24, 2.45) is 11.7 Å². The third-order valence-electron chi connectivity index (χ3n) is 3.94. The van der Waals surface area contributed by atoms with Crippen LogP contribution in [0.2, 0.25) is 0 Å². The van der Waals surface area contributed by atoms with Crippen LogP contribution in [0.25, 0.3) is 11.0 Å². The van der Waals surface area contributed by atoms with Crippen LogP contribution in [-0.2, 0) is 0 Å². The summed E-state index contributed by atoms with van der Waals surface area (Å²) in [5.74, 6) is 0.768. The van der Waals surface area contributed by atoms with Gasteiger partial charge >= 0.3 is 0 Å². The third-order valence-corrected chi connectivity index (χ3v) is 3.94. The zero-order chi connectivity index (χ0) is 12.4. The highest BCUT2D eigenvalue weighted by atomic mass is 16.3. The van der Waals surface area contributed by atoms with Gasteiger partial charge in [-0.1, -0.05) is 0 Å². The molecule has 1 aromatic carbocycles. The Morgan fingerprint density at radius 1 is 1.17 bits per heavy atom. The van der Waals surface area contributed by atoms with E-state index in [1.54, 1.807) is 6.26 Å². The second-order valence-corrected chi connectivity index (χ2v) is 5.33. The minimum absolute atomic E-state index is 0.434. The van der Waals surface area contributed by atoms with E-state index in [1.807, 2.05) is 12.1 Å². The van der Waals surface area contributed by atoms with Gasteiger partial charge in [0.05, 0.1) is 6.26 Å². The Morgan fingerprint density at radius 3 is 2.83 bits per heavy atom. The number of hydrogen-bond acceptors (Lipinski definition) is 3. The van der Waals surface area contributed by atoms with Gasteiger partial charge in [-0.05, 0) is 55.9 Å². The molecule has 0 unspecified atom stereocenters. The van der Waals surface area contributed by atoms with Crippen molar-refractivity contribution in [3.05, 3.63) is 30.5 Å². The maximum absolute atomic E-state index is 5.92. The maximum atomic E-state index is 5.92. The van der Waals surface area contributed by atoms with Gasteiger partial charge in [0, 0.05) is 23.7 Å². The third kappa shape index (κ3) is 2.51. The van der Waals surface area contributed by atoms with Crippen molar-refractivity contribution in [3.63, 3.8) is 0 Å². The summed E-state index contributed by atoms with van der Waals surface area (Å²) in [6, 6.07) is 8.69. The molecule has 0 spiro atoms. The summed E-state index contributed by atoms with van der Waals surface area (Å²) in [5, 5.41) is 4.69. The smallest absolute Gasteiger partial charge is 0.133 e. The Bertz CT molecular complexity index is 512. The Hall–Kier alpha value is -1.48. The first kappa shape index (κ1) is 11.6. The van der Waals surface area contributed by atoms with Crippen molar-refractivity contribution in [1.82, 2.24) is 0 Å². The van der Waals surface area contributed by atoms with E-state index in [-0.39, 0.29) is 0 Å². The van der Waals surface area contributed by atoms with Crippen molar-refractivity contribution in [2.45, 2.75) is 31.7 Å². The molecule has 0 radical (unpaired) electrons. The van der Waals surface area contributed by atoms with E-state index in [0.29, 0.717) is 6.04 Å². The highest BCUT2D eigenvalue weighted by Gasteiger charge is 2.18. The molecule has 3 heteroatoms. The fourth-order valence-corrected chi connectivity index (χ4v) is 2.73. The summed E-state index contributed by atoms with van der Waals surface area (Å²) >= 11 is 0. The number of nitrogens with one attached hydrogen (secondary N) is 1. The first-order chi connectivity index (χ1) is 8.81. The molecule has 1 aliphatic rings. The number of nitrogens with two attached hydrogens (primary N) is 1. The second kappa shape index (κ2) is 5.02. The summed E-state index contributed by atoms with van der Waals surface area (Å²) in [4.78, 5) is 0. The molecule has 0 aliphatic heterocycles. The van der Waals surface area contributed by atoms with E-state index in [1.165, 1.54) is 31.4 Å². The number of fused-ring (bicyclic) bond motifs is 1. The molecule has 2 aromatic rings. The molecule has 96 valence electrons. The van der Waals surface area contributed by atoms with Crippen molar-refractivity contribution in [1.29, 1.82) is 0 Å². The van der Waals surface area contributed by atoms with Crippen LogP contribution in [0.4, 0.5) is 5.69 Å². The quantitative estimate of drug-likeness (QED) is 0.870. The van der Waals surface area contributed by atoms with E-state index in [4.69, 9.17) is 10.2 Å². The molecular formula is C15H20N2O. The summed E-state index contributed by atoms with van der Waals surface area (Å²) in [5.41, 5.74) is 8.05. The van der Waals surface area contributed by atoms with Crippen LogP contribution in [0.15, 0.2) is 34.9 Å². The number of hydrogen-bond donors (Lipinski definition) is 2. The van der Waals surface area contributed by atoms with Crippen LogP contribution in [0.1, 0.15) is 25.7 Å². The first-order valence-electron chi connectivity index (χ1n) is 6.78. The molecule has 18 heavy (non-hydrogen) atoms. The summed E-state index contributed by atoms with van der Waals surface area (Å²) in [6.07, 6.45) is 6.58. The van der Waals surface area contributed by atoms with Gasteiger partial charge in [-0.25, -0.2) is 0 Å². The Balaban J connectivity index is 1.59. The van der Waals surface area contributed by atoms with Crippen LogP contribution in [0.5, 0.6) is 0 Å². The van der Waals surface area contributed by atoms with Crippen molar-refractivity contribution < 1.29 is 4.42 Å². The lowest BCUT2D eigenvalue weighted by molar-refractivity contribution is 0.339. The van der Waals surface area contributed by atoms with Gasteiger partial charge in [-0.2, -0.15) is 0 Å². The standard InChI is InChI=1S/C15H20N2O/c16-13-3-1-11(2-4-13)10-17-14-5-6-15-12(9-14)7-8-18-15/h5-9,11,13,17H,1-4,10,16H2. The van der Waals surface area contributed by atoms with Crippen molar-refractivity contribution in [2.75, 3.05) is 11.9 Å². The molecule has 1 heterocycles. The Labute approximate surface area is 107 Å². The van der Waals surface area contributed by atoms with Gasteiger partial charge in [-0.15, -0.1) is 0 Å². The minimum atomic E-state index is 0.434. The van der Waals surface area contributed by atoms with E-state index in [9.17, 15) is 0 Å². The molecule has 0 atom stereocenters. The predicted octanol–water partition coefficient (Wildman–Crippen LogP) is 3.36. The van der Waals surface area contributed by atoms with Crippen molar-refractivity contribution in [3.8, 4) is 0 Å². The maximum Gasteiger partial charge on any atom is 0.133 e. The van der Waals surface area contributed by atoms with E-state index in [0.717, 1.165) is 23.4 Å². The highest BCUT2D eigenvalue weighted by Crippen LogP contribution is 2.25. The topological polar surface area (TPSA) is 51.2 Å². The summed E-state index contributed by atoms with van der Waals surface area (Å²) in [6.45, 7) is 1.05. The lowest BCUT2D eigenvalue weighted by atomic mass is 9.86. The summed E-state index contributed by atoms with van der Waals surface area (Å²) in [7, 11) is 0. The lowest BCUT2D eigenvalue weighted by Crippen LogP contribution is -2.29. The molecule has 3 N–H and O–H groups in total. The average Bonchev–Trinajstić information content (AvgIpc) is 2.85. The second-order valence-electron chi connectivity index (χ2n) is 5.33. The zero-order valence-electron chi connectivity index (χ0n) is 10.6.